The highest BCUT2D eigenvalue weighted by atomic mass is 35.5. The Labute approximate surface area is 139 Å². The van der Waals surface area contributed by atoms with Crippen LogP contribution in [0, 0.1) is 11.3 Å². The Kier molecular flexibility index (Phi) is 7.66. The Bertz CT molecular complexity index is 466. The third-order valence-corrected chi connectivity index (χ3v) is 3.64. The van der Waals surface area contributed by atoms with Crippen molar-refractivity contribution in [2.75, 3.05) is 20.1 Å². The highest BCUT2D eigenvalue weighted by Gasteiger charge is 2.19. The maximum Gasteiger partial charge on any atom is 0.191 e. The molecule has 0 spiro atoms. The van der Waals surface area contributed by atoms with E-state index in [1.54, 1.807) is 7.05 Å². The number of nitrogens with one attached hydrogen (secondary N) is 2. The summed E-state index contributed by atoms with van der Waals surface area (Å²) in [5.74, 6) is 1.54. The van der Waals surface area contributed by atoms with Gasteiger partial charge >= 0.3 is 0 Å². The summed E-state index contributed by atoms with van der Waals surface area (Å²) in [5, 5.41) is 7.28. The van der Waals surface area contributed by atoms with E-state index >= 15 is 0 Å². The van der Waals surface area contributed by atoms with Crippen molar-refractivity contribution in [3.63, 3.8) is 0 Å². The van der Waals surface area contributed by atoms with Gasteiger partial charge in [0.2, 0.25) is 0 Å². The zero-order valence-electron chi connectivity index (χ0n) is 14.4. The molecule has 0 saturated heterocycles. The molecule has 1 aromatic heterocycles. The number of aliphatic imine (C=N–C) groups is 1. The Balaban J connectivity index is 2.35. The van der Waals surface area contributed by atoms with Crippen molar-refractivity contribution in [2.45, 2.75) is 40.5 Å². The molecule has 0 radical (unpaired) electrons. The van der Waals surface area contributed by atoms with Gasteiger partial charge in [0.25, 0.3) is 0 Å². The van der Waals surface area contributed by atoms with Crippen molar-refractivity contribution in [3.05, 3.63) is 29.0 Å². The van der Waals surface area contributed by atoms with Crippen molar-refractivity contribution < 1.29 is 0 Å². The van der Waals surface area contributed by atoms with Crippen molar-refractivity contribution in [2.24, 2.45) is 16.3 Å². The van der Waals surface area contributed by atoms with Crippen LogP contribution in [0.2, 0.25) is 5.15 Å². The SMILES string of the molecule is CN=C(NCCc1ccc(Cl)nc1)NCC(C)(C)CC(C)C. The maximum absolute atomic E-state index is 5.78. The summed E-state index contributed by atoms with van der Waals surface area (Å²) in [5.41, 5.74) is 1.42. The molecule has 5 heteroatoms. The topological polar surface area (TPSA) is 49.3 Å². The predicted molar refractivity (Wildman–Crippen MR) is 95.6 cm³/mol. The summed E-state index contributed by atoms with van der Waals surface area (Å²) >= 11 is 5.78. The number of pyridine rings is 1. The maximum atomic E-state index is 5.78. The molecule has 0 aliphatic carbocycles. The first-order valence-electron chi connectivity index (χ1n) is 7.87. The van der Waals surface area contributed by atoms with Crippen LogP contribution in [0.4, 0.5) is 0 Å². The van der Waals surface area contributed by atoms with Crippen LogP contribution in [0.5, 0.6) is 0 Å². The number of halogens is 1. The summed E-state index contributed by atoms with van der Waals surface area (Å²) in [6, 6.07) is 3.82. The zero-order chi connectivity index (χ0) is 16.6. The molecule has 1 aromatic rings. The molecule has 0 aliphatic rings. The van der Waals surface area contributed by atoms with E-state index in [-0.39, 0.29) is 5.41 Å². The van der Waals surface area contributed by atoms with Crippen LogP contribution in [-0.2, 0) is 6.42 Å². The van der Waals surface area contributed by atoms with Gasteiger partial charge in [-0.3, -0.25) is 4.99 Å². The number of rotatable bonds is 7. The van der Waals surface area contributed by atoms with E-state index in [9.17, 15) is 0 Å². The van der Waals surface area contributed by atoms with Crippen LogP contribution < -0.4 is 10.6 Å². The highest BCUT2D eigenvalue weighted by molar-refractivity contribution is 6.29. The van der Waals surface area contributed by atoms with E-state index in [0.717, 1.165) is 31.0 Å². The van der Waals surface area contributed by atoms with Crippen LogP contribution in [0.1, 0.15) is 39.7 Å². The third-order valence-electron chi connectivity index (χ3n) is 3.41. The van der Waals surface area contributed by atoms with Gasteiger partial charge in [-0.15, -0.1) is 0 Å². The molecular weight excluding hydrogens is 296 g/mol. The van der Waals surface area contributed by atoms with Crippen LogP contribution >= 0.6 is 11.6 Å². The first-order valence-corrected chi connectivity index (χ1v) is 8.25. The molecule has 0 bridgehead atoms. The van der Waals surface area contributed by atoms with Crippen LogP contribution in [-0.4, -0.2) is 31.1 Å². The Hall–Kier alpha value is -1.29. The van der Waals surface area contributed by atoms with Gasteiger partial charge in [0.05, 0.1) is 0 Å². The molecule has 1 heterocycles. The molecule has 4 nitrogen and oxygen atoms in total. The number of aromatic nitrogens is 1. The summed E-state index contributed by atoms with van der Waals surface area (Å²) in [6.45, 7) is 10.8. The average Bonchev–Trinajstić information content (AvgIpc) is 2.43. The highest BCUT2D eigenvalue weighted by Crippen LogP contribution is 2.23. The number of hydrogen-bond donors (Lipinski definition) is 2. The minimum Gasteiger partial charge on any atom is -0.356 e. The molecule has 2 N–H and O–H groups in total. The molecule has 0 unspecified atom stereocenters. The average molecular weight is 325 g/mol. The van der Waals surface area contributed by atoms with Gasteiger partial charge in [0.15, 0.2) is 5.96 Å². The fourth-order valence-electron chi connectivity index (χ4n) is 2.60. The molecule has 0 saturated carbocycles. The number of nitrogens with zero attached hydrogens (tertiary/aromatic N) is 2. The Morgan fingerprint density at radius 1 is 1.32 bits per heavy atom. The largest absolute Gasteiger partial charge is 0.356 e. The van der Waals surface area contributed by atoms with E-state index in [0.29, 0.717) is 11.1 Å². The van der Waals surface area contributed by atoms with Crippen LogP contribution in [0.3, 0.4) is 0 Å². The molecule has 1 rings (SSSR count). The van der Waals surface area contributed by atoms with E-state index in [4.69, 9.17) is 11.6 Å². The normalized spacial score (nSPS) is 12.6. The van der Waals surface area contributed by atoms with Crippen molar-refractivity contribution >= 4 is 17.6 Å². The van der Waals surface area contributed by atoms with Gasteiger partial charge in [0.1, 0.15) is 5.15 Å². The monoisotopic (exact) mass is 324 g/mol. The Morgan fingerprint density at radius 2 is 2.05 bits per heavy atom. The second-order valence-electron chi connectivity index (χ2n) is 6.85. The van der Waals surface area contributed by atoms with Gasteiger partial charge < -0.3 is 10.6 Å². The lowest BCUT2D eigenvalue weighted by Gasteiger charge is -2.28. The zero-order valence-corrected chi connectivity index (χ0v) is 15.2. The van der Waals surface area contributed by atoms with Crippen LogP contribution in [0.15, 0.2) is 23.3 Å². The van der Waals surface area contributed by atoms with Crippen molar-refractivity contribution in [3.8, 4) is 0 Å². The first kappa shape index (κ1) is 18.8. The number of hydrogen-bond acceptors (Lipinski definition) is 2. The summed E-state index contributed by atoms with van der Waals surface area (Å²) in [7, 11) is 1.80. The predicted octanol–water partition coefficient (Wildman–Crippen LogP) is 3.51. The van der Waals surface area contributed by atoms with Gasteiger partial charge in [-0.2, -0.15) is 0 Å². The van der Waals surface area contributed by atoms with Gasteiger partial charge in [-0.05, 0) is 35.8 Å². The smallest absolute Gasteiger partial charge is 0.191 e. The molecule has 22 heavy (non-hydrogen) atoms. The fourth-order valence-corrected chi connectivity index (χ4v) is 2.71. The van der Waals surface area contributed by atoms with E-state index < -0.39 is 0 Å². The lowest BCUT2D eigenvalue weighted by Crippen LogP contribution is -2.43. The lowest BCUT2D eigenvalue weighted by atomic mass is 9.84. The molecule has 124 valence electrons. The van der Waals surface area contributed by atoms with E-state index in [1.165, 1.54) is 6.42 Å². The number of guanidine groups is 1. The summed E-state index contributed by atoms with van der Waals surface area (Å²) in [6.07, 6.45) is 3.89. The summed E-state index contributed by atoms with van der Waals surface area (Å²) < 4.78 is 0. The quantitative estimate of drug-likeness (QED) is 0.458. The fraction of sp³-hybridized carbons (Fsp3) is 0.647. The van der Waals surface area contributed by atoms with Crippen molar-refractivity contribution in [1.82, 2.24) is 15.6 Å². The molecule has 0 fully saturated rings. The van der Waals surface area contributed by atoms with Crippen molar-refractivity contribution in [1.29, 1.82) is 0 Å². The first-order chi connectivity index (χ1) is 10.3. The summed E-state index contributed by atoms with van der Waals surface area (Å²) in [4.78, 5) is 8.36. The lowest BCUT2D eigenvalue weighted by molar-refractivity contribution is 0.286. The molecule has 0 atom stereocenters. The van der Waals surface area contributed by atoms with Gasteiger partial charge in [-0.25, -0.2) is 4.98 Å². The minimum atomic E-state index is 0.256. The third kappa shape index (κ3) is 7.64. The van der Waals surface area contributed by atoms with E-state index in [2.05, 4.69) is 48.3 Å². The molecule has 0 aliphatic heterocycles. The van der Waals surface area contributed by atoms with Crippen LogP contribution in [0.25, 0.3) is 0 Å². The van der Waals surface area contributed by atoms with E-state index in [1.807, 2.05) is 18.3 Å². The van der Waals surface area contributed by atoms with Gasteiger partial charge in [-0.1, -0.05) is 45.4 Å². The van der Waals surface area contributed by atoms with Gasteiger partial charge in [0, 0.05) is 26.3 Å². The Morgan fingerprint density at radius 3 is 2.59 bits per heavy atom. The standard InChI is InChI=1S/C17H29ClN4/c1-13(2)10-17(3,4)12-22-16(19-5)20-9-8-14-6-7-15(18)21-11-14/h6-7,11,13H,8-10,12H2,1-5H3,(H2,19,20,22). The minimum absolute atomic E-state index is 0.256. The molecule has 0 amide bonds. The molecule has 0 aromatic carbocycles. The second-order valence-corrected chi connectivity index (χ2v) is 7.24. The molecular formula is C17H29ClN4. The second kappa shape index (κ2) is 8.99.